The topological polar surface area (TPSA) is 113 Å². The van der Waals surface area contributed by atoms with Crippen molar-refractivity contribution in [1.82, 2.24) is 29.0 Å². The number of benzene rings is 1. The fourth-order valence-electron chi connectivity index (χ4n) is 4.31. The Morgan fingerprint density at radius 1 is 0.943 bits per heavy atom. The Kier molecular flexibility index (Phi) is 7.77. The molecule has 0 aliphatic heterocycles. The fraction of sp³-hybridized carbons (Fsp3) is 0.385. The van der Waals surface area contributed by atoms with Crippen molar-refractivity contribution >= 4 is 16.9 Å². The van der Waals surface area contributed by atoms with Gasteiger partial charge >= 0.3 is 5.69 Å². The summed E-state index contributed by atoms with van der Waals surface area (Å²) in [5.41, 5.74) is 8.90. The SMILES string of the molecule is CCCn1c(=O)c2c(nc(Cc3cccnc3)n2CCNCC)n(CCc2ccc(N)cc2)c1=O. The van der Waals surface area contributed by atoms with Crippen molar-refractivity contribution in [2.45, 2.75) is 52.7 Å². The first-order valence-corrected chi connectivity index (χ1v) is 12.2. The van der Waals surface area contributed by atoms with Gasteiger partial charge in [0.25, 0.3) is 5.56 Å². The summed E-state index contributed by atoms with van der Waals surface area (Å²) in [6.45, 7) is 6.90. The van der Waals surface area contributed by atoms with E-state index in [9.17, 15) is 9.59 Å². The Hall–Kier alpha value is -3.72. The van der Waals surface area contributed by atoms with Crippen LogP contribution in [0, 0.1) is 0 Å². The maximum atomic E-state index is 13.6. The summed E-state index contributed by atoms with van der Waals surface area (Å²) in [4.78, 5) is 36.1. The minimum absolute atomic E-state index is 0.281. The largest absolute Gasteiger partial charge is 0.399 e. The molecular formula is C26H33N7O2. The summed E-state index contributed by atoms with van der Waals surface area (Å²) >= 11 is 0. The average molecular weight is 476 g/mol. The van der Waals surface area contributed by atoms with Crippen molar-refractivity contribution in [3.05, 3.63) is 86.6 Å². The number of nitrogens with one attached hydrogen (secondary N) is 1. The van der Waals surface area contributed by atoms with Crippen LogP contribution in [0.1, 0.15) is 37.2 Å². The number of anilines is 1. The normalized spacial score (nSPS) is 11.4. The molecule has 0 spiro atoms. The van der Waals surface area contributed by atoms with E-state index in [4.69, 9.17) is 10.7 Å². The molecular weight excluding hydrogens is 442 g/mol. The highest BCUT2D eigenvalue weighted by atomic mass is 16.2. The van der Waals surface area contributed by atoms with E-state index in [2.05, 4.69) is 10.3 Å². The Bertz CT molecular complexity index is 1390. The van der Waals surface area contributed by atoms with E-state index in [1.165, 1.54) is 4.57 Å². The van der Waals surface area contributed by atoms with Gasteiger partial charge in [0, 0.05) is 50.7 Å². The highest BCUT2D eigenvalue weighted by molar-refractivity contribution is 5.71. The monoisotopic (exact) mass is 475 g/mol. The lowest BCUT2D eigenvalue weighted by atomic mass is 10.1. The summed E-state index contributed by atoms with van der Waals surface area (Å²) in [7, 11) is 0. The number of nitrogens with two attached hydrogens (primary N) is 1. The van der Waals surface area contributed by atoms with Crippen molar-refractivity contribution in [3.8, 4) is 0 Å². The molecule has 0 aliphatic rings. The molecule has 0 fully saturated rings. The summed E-state index contributed by atoms with van der Waals surface area (Å²) in [6, 6.07) is 11.5. The molecule has 0 unspecified atom stereocenters. The van der Waals surface area contributed by atoms with E-state index in [0.29, 0.717) is 62.3 Å². The number of nitrogens with zero attached hydrogens (tertiary/aromatic N) is 5. The van der Waals surface area contributed by atoms with Crippen molar-refractivity contribution in [1.29, 1.82) is 0 Å². The molecule has 3 N–H and O–H groups in total. The third-order valence-electron chi connectivity index (χ3n) is 6.09. The third-order valence-corrected chi connectivity index (χ3v) is 6.09. The number of rotatable bonds is 11. The Morgan fingerprint density at radius 2 is 1.74 bits per heavy atom. The van der Waals surface area contributed by atoms with Gasteiger partial charge in [0.05, 0.1) is 0 Å². The molecule has 35 heavy (non-hydrogen) atoms. The van der Waals surface area contributed by atoms with Gasteiger partial charge in [-0.15, -0.1) is 0 Å². The second-order valence-corrected chi connectivity index (χ2v) is 8.63. The number of aryl methyl sites for hydroxylation is 2. The van der Waals surface area contributed by atoms with Gasteiger partial charge in [-0.05, 0) is 48.7 Å². The van der Waals surface area contributed by atoms with Gasteiger partial charge in [0.15, 0.2) is 11.2 Å². The number of fused-ring (bicyclic) bond motifs is 1. The first kappa shape index (κ1) is 24.4. The van der Waals surface area contributed by atoms with Crippen LogP contribution in [-0.2, 0) is 32.5 Å². The number of imidazole rings is 1. The van der Waals surface area contributed by atoms with Crippen molar-refractivity contribution in [2.75, 3.05) is 18.8 Å². The molecule has 1 aromatic carbocycles. The standard InChI is InChI=1S/C26H33N7O2/c1-3-14-33-25(34)23-24(32(26(33)35)15-11-19-7-9-21(27)10-8-19)30-22(31(23)16-13-28-4-2)17-20-6-5-12-29-18-20/h5-10,12,18,28H,3-4,11,13-17,27H2,1-2H3. The lowest BCUT2D eigenvalue weighted by Crippen LogP contribution is -2.41. The highest BCUT2D eigenvalue weighted by Gasteiger charge is 2.21. The predicted molar refractivity (Wildman–Crippen MR) is 139 cm³/mol. The van der Waals surface area contributed by atoms with Crippen LogP contribution in [0.3, 0.4) is 0 Å². The van der Waals surface area contributed by atoms with Crippen molar-refractivity contribution in [2.24, 2.45) is 0 Å². The maximum Gasteiger partial charge on any atom is 0.332 e. The van der Waals surface area contributed by atoms with Crippen LogP contribution in [0.2, 0.25) is 0 Å². The number of hydrogen-bond donors (Lipinski definition) is 2. The molecule has 0 saturated heterocycles. The summed E-state index contributed by atoms with van der Waals surface area (Å²) in [5, 5.41) is 3.33. The van der Waals surface area contributed by atoms with E-state index in [-0.39, 0.29) is 11.2 Å². The van der Waals surface area contributed by atoms with Crippen LogP contribution in [0.15, 0.2) is 58.4 Å². The molecule has 0 aliphatic carbocycles. The predicted octanol–water partition coefficient (Wildman–Crippen LogP) is 2.19. The quantitative estimate of drug-likeness (QED) is 0.254. The second-order valence-electron chi connectivity index (χ2n) is 8.63. The number of pyridine rings is 1. The molecule has 3 aromatic heterocycles. The van der Waals surface area contributed by atoms with Gasteiger partial charge in [0.2, 0.25) is 0 Å². The van der Waals surface area contributed by atoms with Gasteiger partial charge in [-0.25, -0.2) is 9.78 Å². The number of aromatic nitrogens is 5. The molecule has 0 atom stereocenters. The van der Waals surface area contributed by atoms with Crippen LogP contribution >= 0.6 is 0 Å². The zero-order valence-corrected chi connectivity index (χ0v) is 20.4. The third kappa shape index (κ3) is 5.35. The summed E-state index contributed by atoms with van der Waals surface area (Å²) < 4.78 is 4.97. The molecule has 184 valence electrons. The Labute approximate surface area is 204 Å². The Balaban J connectivity index is 1.86. The Morgan fingerprint density at radius 3 is 2.43 bits per heavy atom. The van der Waals surface area contributed by atoms with E-state index < -0.39 is 0 Å². The van der Waals surface area contributed by atoms with E-state index in [1.807, 2.05) is 54.8 Å². The van der Waals surface area contributed by atoms with Crippen molar-refractivity contribution in [3.63, 3.8) is 0 Å². The van der Waals surface area contributed by atoms with E-state index >= 15 is 0 Å². The van der Waals surface area contributed by atoms with Crippen LogP contribution in [0.5, 0.6) is 0 Å². The van der Waals surface area contributed by atoms with Gasteiger partial charge in [-0.3, -0.25) is 18.9 Å². The zero-order chi connectivity index (χ0) is 24.8. The number of likely N-dealkylation sites (N-methyl/N-ethyl adjacent to an activating group) is 1. The maximum absolute atomic E-state index is 13.6. The lowest BCUT2D eigenvalue weighted by Gasteiger charge is -2.13. The summed E-state index contributed by atoms with van der Waals surface area (Å²) in [6.07, 6.45) is 5.37. The molecule has 9 nitrogen and oxygen atoms in total. The van der Waals surface area contributed by atoms with Gasteiger partial charge in [0.1, 0.15) is 5.82 Å². The fourth-order valence-corrected chi connectivity index (χ4v) is 4.31. The smallest absolute Gasteiger partial charge is 0.332 e. The first-order valence-electron chi connectivity index (χ1n) is 12.2. The van der Waals surface area contributed by atoms with Crippen LogP contribution in [0.25, 0.3) is 11.2 Å². The molecule has 0 radical (unpaired) electrons. The average Bonchev–Trinajstić information content (AvgIpc) is 3.21. The molecule has 0 saturated carbocycles. The molecule has 4 aromatic rings. The lowest BCUT2D eigenvalue weighted by molar-refractivity contribution is 0.555. The molecule has 0 bridgehead atoms. The second kappa shape index (κ2) is 11.1. The van der Waals surface area contributed by atoms with Crippen LogP contribution < -0.4 is 22.3 Å². The minimum atomic E-state index is -0.316. The minimum Gasteiger partial charge on any atom is -0.399 e. The molecule has 3 heterocycles. The van der Waals surface area contributed by atoms with Crippen molar-refractivity contribution < 1.29 is 0 Å². The molecule has 4 rings (SSSR count). The first-order chi connectivity index (χ1) is 17.0. The van der Waals surface area contributed by atoms with Gasteiger partial charge < -0.3 is 15.6 Å². The van der Waals surface area contributed by atoms with E-state index in [0.717, 1.165) is 23.5 Å². The highest BCUT2D eigenvalue weighted by Crippen LogP contribution is 2.16. The number of nitrogen functional groups attached to an aromatic ring is 1. The van der Waals surface area contributed by atoms with Crippen LogP contribution in [-0.4, -0.2) is 36.8 Å². The number of hydrogen-bond acceptors (Lipinski definition) is 6. The van der Waals surface area contributed by atoms with E-state index in [1.54, 1.807) is 17.0 Å². The van der Waals surface area contributed by atoms with Gasteiger partial charge in [-0.1, -0.05) is 32.0 Å². The van der Waals surface area contributed by atoms with Gasteiger partial charge in [-0.2, -0.15) is 0 Å². The van der Waals surface area contributed by atoms with Crippen LogP contribution in [0.4, 0.5) is 5.69 Å². The summed E-state index contributed by atoms with van der Waals surface area (Å²) in [5.74, 6) is 0.748. The zero-order valence-electron chi connectivity index (χ0n) is 20.4. The molecule has 9 heteroatoms. The molecule has 0 amide bonds.